The van der Waals surface area contributed by atoms with E-state index in [0.717, 1.165) is 5.75 Å². The molecule has 1 unspecified atom stereocenters. The molecule has 21 heavy (non-hydrogen) atoms. The minimum Gasteiger partial charge on any atom is -0.497 e. The minimum absolute atomic E-state index is 0.0869. The summed E-state index contributed by atoms with van der Waals surface area (Å²) in [6.07, 6.45) is 0. The monoisotopic (exact) mass is 310 g/mol. The van der Waals surface area contributed by atoms with E-state index in [0.29, 0.717) is 23.7 Å². The van der Waals surface area contributed by atoms with Gasteiger partial charge in [0.15, 0.2) is 0 Å². The van der Waals surface area contributed by atoms with Crippen LogP contribution in [0, 0.1) is 0 Å². The fourth-order valence-electron chi connectivity index (χ4n) is 2.11. The molecule has 1 atom stereocenters. The van der Waals surface area contributed by atoms with Gasteiger partial charge in [-0.3, -0.25) is 14.5 Å². The molecule has 1 aliphatic rings. The van der Waals surface area contributed by atoms with Crippen molar-refractivity contribution in [3.63, 3.8) is 0 Å². The molecule has 0 bridgehead atoms. The summed E-state index contributed by atoms with van der Waals surface area (Å²) >= 11 is 1.60. The van der Waals surface area contributed by atoms with E-state index in [-0.39, 0.29) is 12.5 Å². The minimum atomic E-state index is -0.876. The molecule has 1 aromatic rings. The number of anilines is 1. The van der Waals surface area contributed by atoms with E-state index in [4.69, 9.17) is 9.84 Å². The van der Waals surface area contributed by atoms with E-state index < -0.39 is 12.0 Å². The van der Waals surface area contributed by atoms with Gasteiger partial charge in [-0.2, -0.15) is 11.8 Å². The Hall–Kier alpha value is -1.73. The first-order valence-electron chi connectivity index (χ1n) is 6.58. The van der Waals surface area contributed by atoms with Crippen molar-refractivity contribution in [2.45, 2.75) is 6.04 Å². The maximum absolute atomic E-state index is 12.0. The van der Waals surface area contributed by atoms with Crippen LogP contribution in [0.3, 0.4) is 0 Å². The summed E-state index contributed by atoms with van der Waals surface area (Å²) in [4.78, 5) is 24.9. The van der Waals surface area contributed by atoms with Crippen molar-refractivity contribution in [1.82, 2.24) is 4.90 Å². The second kappa shape index (κ2) is 7.33. The van der Waals surface area contributed by atoms with Crippen LogP contribution in [0.15, 0.2) is 24.3 Å². The van der Waals surface area contributed by atoms with Crippen molar-refractivity contribution >= 4 is 29.3 Å². The number of carboxylic acid groups (broad SMARTS) is 1. The molecule has 6 nitrogen and oxygen atoms in total. The predicted molar refractivity (Wildman–Crippen MR) is 81.9 cm³/mol. The Morgan fingerprint density at radius 2 is 2.14 bits per heavy atom. The van der Waals surface area contributed by atoms with Crippen molar-refractivity contribution < 1.29 is 19.4 Å². The Bertz CT molecular complexity index is 506. The van der Waals surface area contributed by atoms with E-state index in [9.17, 15) is 9.59 Å². The Labute approximate surface area is 127 Å². The van der Waals surface area contributed by atoms with Crippen LogP contribution in [0.25, 0.3) is 0 Å². The first-order chi connectivity index (χ1) is 10.1. The molecule has 0 aliphatic carbocycles. The van der Waals surface area contributed by atoms with Gasteiger partial charge in [0, 0.05) is 23.7 Å². The molecule has 1 aliphatic heterocycles. The Balaban J connectivity index is 1.92. The lowest BCUT2D eigenvalue weighted by Crippen LogP contribution is -2.50. The summed E-state index contributed by atoms with van der Waals surface area (Å²) in [6, 6.07) is 6.42. The molecule has 114 valence electrons. The number of rotatable bonds is 5. The number of ether oxygens (including phenoxy) is 1. The van der Waals surface area contributed by atoms with Crippen LogP contribution >= 0.6 is 11.8 Å². The molecule has 1 amide bonds. The van der Waals surface area contributed by atoms with E-state index in [1.54, 1.807) is 48.0 Å². The lowest BCUT2D eigenvalue weighted by molar-refractivity contribution is -0.142. The van der Waals surface area contributed by atoms with E-state index in [1.165, 1.54) is 0 Å². The van der Waals surface area contributed by atoms with E-state index in [1.807, 2.05) is 0 Å². The average molecular weight is 310 g/mol. The van der Waals surface area contributed by atoms with Crippen molar-refractivity contribution in [2.24, 2.45) is 0 Å². The van der Waals surface area contributed by atoms with Crippen LogP contribution in [0.5, 0.6) is 5.75 Å². The number of hydrogen-bond acceptors (Lipinski definition) is 5. The van der Waals surface area contributed by atoms with Gasteiger partial charge in [0.1, 0.15) is 11.8 Å². The third kappa shape index (κ3) is 4.37. The van der Waals surface area contributed by atoms with Gasteiger partial charge in [-0.1, -0.05) is 0 Å². The average Bonchev–Trinajstić information content (AvgIpc) is 2.48. The summed E-state index contributed by atoms with van der Waals surface area (Å²) in [5.41, 5.74) is 0.666. The number of hydrogen-bond donors (Lipinski definition) is 2. The molecule has 2 N–H and O–H groups in total. The zero-order valence-corrected chi connectivity index (χ0v) is 12.6. The number of methoxy groups -OCH3 is 1. The van der Waals surface area contributed by atoms with Crippen LogP contribution in [0.4, 0.5) is 5.69 Å². The third-order valence-electron chi connectivity index (χ3n) is 3.24. The normalized spacial score (nSPS) is 19.0. The standard InChI is InChI=1S/C14H18N2O4S/c1-20-11-4-2-10(3-5-11)15-13(17)8-16-6-7-21-9-12(16)14(18)19/h2-5,12H,6-9H2,1H3,(H,15,17)(H,18,19). The molecule has 1 heterocycles. The topological polar surface area (TPSA) is 78.9 Å². The molecule has 0 radical (unpaired) electrons. The van der Waals surface area contributed by atoms with E-state index >= 15 is 0 Å². The number of thioether (sulfide) groups is 1. The zero-order valence-electron chi connectivity index (χ0n) is 11.7. The van der Waals surface area contributed by atoms with Gasteiger partial charge in [0.25, 0.3) is 0 Å². The SMILES string of the molecule is COc1ccc(NC(=O)CN2CCSCC2C(=O)O)cc1. The number of amides is 1. The Morgan fingerprint density at radius 3 is 2.76 bits per heavy atom. The summed E-state index contributed by atoms with van der Waals surface area (Å²) in [6.45, 7) is 0.696. The molecular formula is C14H18N2O4S. The lowest BCUT2D eigenvalue weighted by atomic mass is 10.2. The number of carboxylic acids is 1. The second-order valence-electron chi connectivity index (χ2n) is 4.68. The molecule has 7 heteroatoms. The maximum atomic E-state index is 12.0. The lowest BCUT2D eigenvalue weighted by Gasteiger charge is -2.31. The Kier molecular flexibility index (Phi) is 5.46. The van der Waals surface area contributed by atoms with Crippen LogP contribution in [0.2, 0.25) is 0 Å². The van der Waals surface area contributed by atoms with Crippen molar-refractivity contribution in [3.8, 4) is 5.75 Å². The fourth-order valence-corrected chi connectivity index (χ4v) is 3.22. The molecule has 0 aromatic heterocycles. The highest BCUT2D eigenvalue weighted by Crippen LogP contribution is 2.18. The number of carbonyl (C=O) groups excluding carboxylic acids is 1. The first-order valence-corrected chi connectivity index (χ1v) is 7.74. The quantitative estimate of drug-likeness (QED) is 0.849. The molecule has 1 saturated heterocycles. The molecule has 1 aromatic carbocycles. The van der Waals surface area contributed by atoms with Gasteiger partial charge in [0.05, 0.1) is 13.7 Å². The number of nitrogens with zero attached hydrogens (tertiary/aromatic N) is 1. The number of aliphatic carboxylic acids is 1. The molecule has 0 spiro atoms. The fraction of sp³-hybridized carbons (Fsp3) is 0.429. The number of carbonyl (C=O) groups is 2. The largest absolute Gasteiger partial charge is 0.497 e. The highest BCUT2D eigenvalue weighted by molar-refractivity contribution is 7.99. The van der Waals surface area contributed by atoms with Crippen molar-refractivity contribution in [3.05, 3.63) is 24.3 Å². The molecule has 1 fully saturated rings. The number of benzene rings is 1. The van der Waals surface area contributed by atoms with Gasteiger partial charge in [0.2, 0.25) is 5.91 Å². The van der Waals surface area contributed by atoms with Gasteiger partial charge in [-0.05, 0) is 24.3 Å². The van der Waals surface area contributed by atoms with Crippen LogP contribution < -0.4 is 10.1 Å². The molecular weight excluding hydrogens is 292 g/mol. The van der Waals surface area contributed by atoms with E-state index in [2.05, 4.69) is 5.32 Å². The van der Waals surface area contributed by atoms with Gasteiger partial charge in [-0.15, -0.1) is 0 Å². The van der Waals surface area contributed by atoms with Crippen LogP contribution in [0.1, 0.15) is 0 Å². The van der Waals surface area contributed by atoms with Crippen LogP contribution in [-0.2, 0) is 9.59 Å². The Morgan fingerprint density at radius 1 is 1.43 bits per heavy atom. The smallest absolute Gasteiger partial charge is 0.321 e. The summed E-state index contributed by atoms with van der Waals surface area (Å²) in [5.74, 6) is 0.995. The maximum Gasteiger partial charge on any atom is 0.321 e. The highest BCUT2D eigenvalue weighted by atomic mass is 32.2. The first kappa shape index (κ1) is 15.7. The van der Waals surface area contributed by atoms with Gasteiger partial charge < -0.3 is 15.2 Å². The van der Waals surface area contributed by atoms with Crippen molar-refractivity contribution in [1.29, 1.82) is 0 Å². The summed E-state index contributed by atoms with van der Waals surface area (Å²) in [5, 5.41) is 11.9. The number of nitrogens with one attached hydrogen (secondary N) is 1. The third-order valence-corrected chi connectivity index (χ3v) is 4.27. The predicted octanol–water partition coefficient (Wildman–Crippen LogP) is 1.14. The van der Waals surface area contributed by atoms with Crippen molar-refractivity contribution in [2.75, 3.05) is 37.0 Å². The zero-order chi connectivity index (χ0) is 15.2. The van der Waals surface area contributed by atoms with Crippen LogP contribution in [-0.4, -0.2) is 59.6 Å². The highest BCUT2D eigenvalue weighted by Gasteiger charge is 2.29. The second-order valence-corrected chi connectivity index (χ2v) is 5.83. The summed E-state index contributed by atoms with van der Waals surface area (Å²) < 4.78 is 5.05. The van der Waals surface area contributed by atoms with Gasteiger partial charge in [-0.25, -0.2) is 0 Å². The summed E-state index contributed by atoms with van der Waals surface area (Å²) in [7, 11) is 1.58. The van der Waals surface area contributed by atoms with Gasteiger partial charge >= 0.3 is 5.97 Å². The molecule has 2 rings (SSSR count). The molecule has 0 saturated carbocycles.